The minimum absolute atomic E-state index is 0.00860. The molecule has 5 atom stereocenters. The minimum Gasteiger partial charge on any atom is -0.508 e. The van der Waals surface area contributed by atoms with Gasteiger partial charge >= 0.3 is 11.9 Å². The smallest absolute Gasteiger partial charge is 0.326 e. The third kappa shape index (κ3) is 13.9. The van der Waals surface area contributed by atoms with Gasteiger partial charge in [0.25, 0.3) is 0 Å². The Kier molecular flexibility index (Phi) is 16.1. The molecule has 0 radical (unpaired) electrons. The van der Waals surface area contributed by atoms with E-state index in [0.717, 1.165) is 0 Å². The van der Waals surface area contributed by atoms with Gasteiger partial charge in [-0.3, -0.25) is 28.8 Å². The van der Waals surface area contributed by atoms with Crippen molar-refractivity contribution in [2.24, 2.45) is 17.6 Å². The summed E-state index contributed by atoms with van der Waals surface area (Å²) in [6.45, 7) is 5.07. The molecule has 1 aromatic carbocycles. The molecule has 1 aromatic rings. The van der Waals surface area contributed by atoms with E-state index < -0.39 is 97.2 Å². The molecule has 0 fully saturated rings. The normalized spacial score (nSPS) is 14.3. The molecule has 11 N–H and O–H groups in total. The first-order valence-electron chi connectivity index (χ1n) is 14.5. The first-order valence-corrected chi connectivity index (χ1v) is 14.5. The summed E-state index contributed by atoms with van der Waals surface area (Å²) in [5.41, 5.74) is 6.53. The number of aromatic hydroxyl groups is 1. The van der Waals surface area contributed by atoms with Gasteiger partial charge in [-0.15, -0.1) is 0 Å². The summed E-state index contributed by atoms with van der Waals surface area (Å²) in [6.07, 6.45) is -0.707. The number of aliphatic hydroxyl groups is 1. The van der Waals surface area contributed by atoms with Gasteiger partial charge in [0.2, 0.25) is 29.5 Å². The van der Waals surface area contributed by atoms with E-state index in [0.29, 0.717) is 5.56 Å². The molecule has 5 amide bonds. The van der Waals surface area contributed by atoms with Gasteiger partial charge < -0.3 is 52.7 Å². The van der Waals surface area contributed by atoms with Crippen molar-refractivity contribution in [2.45, 2.75) is 77.2 Å². The summed E-state index contributed by atoms with van der Waals surface area (Å²) in [5.74, 6) is -7.90. The standard InChI is InChI=1S/C29H44N6O11/c1-14(2)9-20(29(45)46)34-27(43)21(13-36)32-22(38)12-31-28(44)24(15(3)4)35-26(42)19(11-23(39)40)33-25(41)18(30)10-16-5-7-17(37)8-6-16/h5-8,14-15,18-21,24,36-37H,9-13,30H2,1-4H3,(H,31,44)(H,32,38)(H,33,41)(H,34,43)(H,35,42)(H,39,40)(H,45,46)/t18-,19-,20-,21-,24-/m0/s1. The van der Waals surface area contributed by atoms with E-state index in [4.69, 9.17) is 5.73 Å². The molecular formula is C29H44N6O11. The number of carbonyl (C=O) groups excluding carboxylic acids is 5. The molecular weight excluding hydrogens is 608 g/mol. The van der Waals surface area contributed by atoms with E-state index in [9.17, 15) is 54.0 Å². The largest absolute Gasteiger partial charge is 0.508 e. The second-order valence-corrected chi connectivity index (χ2v) is 11.4. The number of amides is 5. The van der Waals surface area contributed by atoms with Crippen molar-refractivity contribution in [3.05, 3.63) is 29.8 Å². The zero-order chi connectivity index (χ0) is 35.1. The summed E-state index contributed by atoms with van der Waals surface area (Å²) in [7, 11) is 0. The first-order chi connectivity index (χ1) is 21.4. The minimum atomic E-state index is -1.61. The zero-order valence-corrected chi connectivity index (χ0v) is 26.1. The third-order valence-electron chi connectivity index (χ3n) is 6.57. The number of rotatable bonds is 19. The molecule has 0 unspecified atom stereocenters. The van der Waals surface area contributed by atoms with Gasteiger partial charge in [-0.1, -0.05) is 39.8 Å². The van der Waals surface area contributed by atoms with Gasteiger partial charge in [0, 0.05) is 0 Å². The average Bonchev–Trinajstić information content (AvgIpc) is 2.96. The number of hydrogen-bond acceptors (Lipinski definition) is 10. The summed E-state index contributed by atoms with van der Waals surface area (Å²) in [4.78, 5) is 86.4. The maximum absolute atomic E-state index is 13.0. The van der Waals surface area contributed by atoms with Crippen LogP contribution in [0.3, 0.4) is 0 Å². The Bertz CT molecular complexity index is 1240. The molecule has 17 nitrogen and oxygen atoms in total. The monoisotopic (exact) mass is 652 g/mol. The van der Waals surface area contributed by atoms with Crippen LogP contribution in [0.25, 0.3) is 0 Å². The molecule has 0 aromatic heterocycles. The van der Waals surface area contributed by atoms with Crippen molar-refractivity contribution < 1.29 is 54.0 Å². The number of phenolic OH excluding ortho intramolecular Hbond substituents is 1. The van der Waals surface area contributed by atoms with Crippen molar-refractivity contribution in [3.63, 3.8) is 0 Å². The number of phenols is 1. The van der Waals surface area contributed by atoms with Crippen molar-refractivity contribution in [1.82, 2.24) is 26.6 Å². The Morgan fingerprint density at radius 3 is 1.83 bits per heavy atom. The Hall–Kier alpha value is -4.77. The molecule has 0 saturated carbocycles. The Balaban J connectivity index is 2.83. The van der Waals surface area contributed by atoms with E-state index in [-0.39, 0.29) is 24.5 Å². The van der Waals surface area contributed by atoms with Gasteiger partial charge in [-0.25, -0.2) is 4.79 Å². The second-order valence-electron chi connectivity index (χ2n) is 11.4. The van der Waals surface area contributed by atoms with E-state index in [1.807, 2.05) is 0 Å². The lowest BCUT2D eigenvalue weighted by Gasteiger charge is -2.25. The Labute approximate surface area is 265 Å². The van der Waals surface area contributed by atoms with Crippen LogP contribution in [-0.4, -0.2) is 105 Å². The van der Waals surface area contributed by atoms with E-state index in [1.54, 1.807) is 27.7 Å². The topological polar surface area (TPSA) is 287 Å². The average molecular weight is 653 g/mol. The highest BCUT2D eigenvalue weighted by Crippen LogP contribution is 2.11. The first kappa shape index (κ1) is 39.3. The van der Waals surface area contributed by atoms with Crippen LogP contribution >= 0.6 is 0 Å². The van der Waals surface area contributed by atoms with Gasteiger partial charge in [0.05, 0.1) is 25.6 Å². The number of nitrogens with one attached hydrogen (secondary N) is 5. The molecule has 1 rings (SSSR count). The zero-order valence-electron chi connectivity index (χ0n) is 26.1. The van der Waals surface area contributed by atoms with E-state index >= 15 is 0 Å². The fraction of sp³-hybridized carbons (Fsp3) is 0.552. The Morgan fingerprint density at radius 2 is 1.33 bits per heavy atom. The fourth-order valence-electron chi connectivity index (χ4n) is 4.11. The molecule has 0 heterocycles. The van der Waals surface area contributed by atoms with E-state index in [2.05, 4.69) is 26.6 Å². The van der Waals surface area contributed by atoms with Crippen molar-refractivity contribution in [1.29, 1.82) is 0 Å². The highest BCUT2D eigenvalue weighted by molar-refractivity contribution is 5.96. The van der Waals surface area contributed by atoms with Crippen LogP contribution < -0.4 is 32.3 Å². The maximum Gasteiger partial charge on any atom is 0.326 e. The highest BCUT2D eigenvalue weighted by Gasteiger charge is 2.32. The lowest BCUT2D eigenvalue weighted by atomic mass is 10.0. The molecule has 0 aliphatic heterocycles. The van der Waals surface area contributed by atoms with Crippen LogP contribution in [0.2, 0.25) is 0 Å². The van der Waals surface area contributed by atoms with Crippen LogP contribution in [0.15, 0.2) is 24.3 Å². The maximum atomic E-state index is 13.0. The predicted octanol–water partition coefficient (Wildman–Crippen LogP) is -2.43. The molecule has 0 aliphatic carbocycles. The van der Waals surface area contributed by atoms with Crippen molar-refractivity contribution >= 4 is 41.5 Å². The number of carboxylic acid groups (broad SMARTS) is 2. The molecule has 46 heavy (non-hydrogen) atoms. The quantitative estimate of drug-likeness (QED) is 0.0747. The molecule has 0 spiro atoms. The van der Waals surface area contributed by atoms with Gasteiger partial charge in [0.15, 0.2) is 0 Å². The van der Waals surface area contributed by atoms with Crippen LogP contribution in [0, 0.1) is 11.8 Å². The molecule has 0 aliphatic rings. The second kappa shape index (κ2) is 18.9. The lowest BCUT2D eigenvalue weighted by Crippen LogP contribution is -2.58. The van der Waals surface area contributed by atoms with Crippen LogP contribution in [0.1, 0.15) is 46.1 Å². The summed E-state index contributed by atoms with van der Waals surface area (Å²) < 4.78 is 0. The van der Waals surface area contributed by atoms with Crippen molar-refractivity contribution in [3.8, 4) is 5.75 Å². The molecule has 0 bridgehead atoms. The lowest BCUT2D eigenvalue weighted by molar-refractivity contribution is -0.143. The summed E-state index contributed by atoms with van der Waals surface area (Å²) in [5, 5.41) is 49.0. The number of nitrogens with two attached hydrogens (primary N) is 1. The molecule has 17 heteroatoms. The molecule has 0 saturated heterocycles. The third-order valence-corrected chi connectivity index (χ3v) is 6.57. The molecule has 256 valence electrons. The number of hydrogen-bond donors (Lipinski definition) is 10. The number of carboxylic acids is 2. The number of aliphatic hydroxyl groups excluding tert-OH is 1. The summed E-state index contributed by atoms with van der Waals surface area (Å²) in [6, 6.07) is -0.965. The van der Waals surface area contributed by atoms with Gasteiger partial charge in [-0.2, -0.15) is 0 Å². The van der Waals surface area contributed by atoms with Crippen LogP contribution in [-0.2, 0) is 40.0 Å². The number of benzene rings is 1. The van der Waals surface area contributed by atoms with E-state index in [1.165, 1.54) is 24.3 Å². The predicted molar refractivity (Wildman–Crippen MR) is 162 cm³/mol. The van der Waals surface area contributed by atoms with Gasteiger partial charge in [0.1, 0.15) is 29.9 Å². The fourth-order valence-corrected chi connectivity index (χ4v) is 4.11. The van der Waals surface area contributed by atoms with Crippen LogP contribution in [0.5, 0.6) is 5.75 Å². The van der Waals surface area contributed by atoms with Gasteiger partial charge in [-0.05, 0) is 42.4 Å². The van der Waals surface area contributed by atoms with Crippen LogP contribution in [0.4, 0.5) is 0 Å². The van der Waals surface area contributed by atoms with Crippen molar-refractivity contribution in [2.75, 3.05) is 13.2 Å². The number of aliphatic carboxylic acids is 2. The highest BCUT2D eigenvalue weighted by atomic mass is 16.4. The SMILES string of the molecule is CC(C)C[C@H](NC(=O)[C@H](CO)NC(=O)CNC(=O)[C@@H](NC(=O)[C@H](CC(=O)O)NC(=O)[C@@H](N)Cc1ccc(O)cc1)C(C)C)C(=O)O. The summed E-state index contributed by atoms with van der Waals surface area (Å²) >= 11 is 0. The Morgan fingerprint density at radius 1 is 0.761 bits per heavy atom. The number of carbonyl (C=O) groups is 7.